The van der Waals surface area contributed by atoms with Gasteiger partial charge in [-0.1, -0.05) is 0 Å². The summed E-state index contributed by atoms with van der Waals surface area (Å²) in [5.41, 5.74) is 1.20. The molecule has 1 aromatic heterocycles. The van der Waals surface area contributed by atoms with Gasteiger partial charge in [-0.2, -0.15) is 0 Å². The molecule has 4 heteroatoms. The van der Waals surface area contributed by atoms with Gasteiger partial charge in [0.15, 0.2) is 0 Å². The molecule has 0 fully saturated rings. The van der Waals surface area contributed by atoms with Crippen LogP contribution in [0.5, 0.6) is 0 Å². The van der Waals surface area contributed by atoms with E-state index in [1.807, 2.05) is 43.5 Å². The van der Waals surface area contributed by atoms with Gasteiger partial charge in [0, 0.05) is 39.1 Å². The highest BCUT2D eigenvalue weighted by atomic mass is 16.2. The summed E-state index contributed by atoms with van der Waals surface area (Å²) in [6.45, 7) is 8.20. The summed E-state index contributed by atoms with van der Waals surface area (Å²) in [6.07, 6.45) is 4.06. The molecular weight excluding hydrogens is 214 g/mol. The summed E-state index contributed by atoms with van der Waals surface area (Å²) >= 11 is 0. The van der Waals surface area contributed by atoms with Crippen molar-refractivity contribution in [1.29, 1.82) is 0 Å². The largest absolute Gasteiger partial charge is 0.357 e. The Hall–Kier alpha value is -1.29. The van der Waals surface area contributed by atoms with Crippen molar-refractivity contribution in [3.63, 3.8) is 0 Å². The molecule has 1 atom stereocenters. The van der Waals surface area contributed by atoms with Crippen molar-refractivity contribution < 1.29 is 4.79 Å². The Morgan fingerprint density at radius 2 is 2.12 bits per heavy atom. The molecule has 1 heterocycles. The number of aryl methyl sites for hydroxylation is 1. The monoisotopic (exact) mass is 237 g/mol. The van der Waals surface area contributed by atoms with Crippen LogP contribution in [0, 0.1) is 0 Å². The zero-order valence-corrected chi connectivity index (χ0v) is 11.2. The Bertz CT molecular complexity index is 355. The van der Waals surface area contributed by atoms with Crippen molar-refractivity contribution in [1.82, 2.24) is 14.8 Å². The topological polar surface area (TPSA) is 37.3 Å². The second-order valence-corrected chi connectivity index (χ2v) is 4.30. The van der Waals surface area contributed by atoms with Crippen LogP contribution in [0.4, 0.5) is 0 Å². The average molecular weight is 237 g/mol. The Morgan fingerprint density at radius 1 is 1.47 bits per heavy atom. The number of hydrogen-bond donors (Lipinski definition) is 1. The Morgan fingerprint density at radius 3 is 2.59 bits per heavy atom. The van der Waals surface area contributed by atoms with Gasteiger partial charge in [-0.05, 0) is 32.4 Å². The first-order chi connectivity index (χ1) is 8.08. The SMILES string of the molecule is CCN(CC)C(=O)C(C)NCc1ccn(C)c1. The van der Waals surface area contributed by atoms with Gasteiger partial charge < -0.3 is 14.8 Å². The fourth-order valence-corrected chi connectivity index (χ4v) is 1.83. The molecule has 0 saturated heterocycles. The van der Waals surface area contributed by atoms with E-state index >= 15 is 0 Å². The molecule has 4 nitrogen and oxygen atoms in total. The van der Waals surface area contributed by atoms with Crippen LogP contribution in [0.3, 0.4) is 0 Å². The molecule has 96 valence electrons. The molecule has 0 spiro atoms. The van der Waals surface area contributed by atoms with E-state index in [9.17, 15) is 4.79 Å². The maximum absolute atomic E-state index is 12.0. The zero-order chi connectivity index (χ0) is 12.8. The predicted molar refractivity (Wildman–Crippen MR) is 69.6 cm³/mol. The minimum absolute atomic E-state index is 0.130. The highest BCUT2D eigenvalue weighted by molar-refractivity contribution is 5.81. The molecule has 1 N–H and O–H groups in total. The molecule has 1 aromatic rings. The van der Waals surface area contributed by atoms with E-state index in [-0.39, 0.29) is 11.9 Å². The number of rotatable bonds is 6. The number of carbonyl (C=O) groups excluding carboxylic acids is 1. The molecule has 1 amide bonds. The first-order valence-corrected chi connectivity index (χ1v) is 6.21. The van der Waals surface area contributed by atoms with Crippen LogP contribution < -0.4 is 5.32 Å². The Kier molecular flexibility index (Phi) is 5.22. The summed E-state index contributed by atoms with van der Waals surface area (Å²) in [5.74, 6) is 0.172. The fraction of sp³-hybridized carbons (Fsp3) is 0.615. The van der Waals surface area contributed by atoms with Crippen molar-refractivity contribution in [3.05, 3.63) is 24.0 Å². The fourth-order valence-electron chi connectivity index (χ4n) is 1.83. The summed E-state index contributed by atoms with van der Waals surface area (Å²) in [4.78, 5) is 13.8. The lowest BCUT2D eigenvalue weighted by Crippen LogP contribution is -2.44. The standard InChI is InChI=1S/C13H23N3O/c1-5-16(6-2)13(17)11(3)14-9-12-7-8-15(4)10-12/h7-8,10-11,14H,5-6,9H2,1-4H3. The average Bonchev–Trinajstić information content (AvgIpc) is 2.73. The van der Waals surface area contributed by atoms with Crippen LogP contribution >= 0.6 is 0 Å². The van der Waals surface area contributed by atoms with E-state index in [2.05, 4.69) is 17.6 Å². The number of nitrogens with zero attached hydrogens (tertiary/aromatic N) is 2. The number of likely N-dealkylation sites (N-methyl/N-ethyl adjacent to an activating group) is 1. The van der Waals surface area contributed by atoms with Gasteiger partial charge in [-0.25, -0.2) is 0 Å². The minimum Gasteiger partial charge on any atom is -0.357 e. The van der Waals surface area contributed by atoms with Gasteiger partial charge in [0.1, 0.15) is 0 Å². The third-order valence-corrected chi connectivity index (χ3v) is 2.95. The number of nitrogens with one attached hydrogen (secondary N) is 1. The van der Waals surface area contributed by atoms with E-state index in [0.29, 0.717) is 0 Å². The highest BCUT2D eigenvalue weighted by Gasteiger charge is 2.17. The van der Waals surface area contributed by atoms with Gasteiger partial charge in [0.25, 0.3) is 0 Å². The van der Waals surface area contributed by atoms with Crippen LogP contribution in [0.2, 0.25) is 0 Å². The third-order valence-electron chi connectivity index (χ3n) is 2.95. The van der Waals surface area contributed by atoms with Gasteiger partial charge >= 0.3 is 0 Å². The molecule has 0 saturated carbocycles. The summed E-state index contributed by atoms with van der Waals surface area (Å²) < 4.78 is 2.01. The van der Waals surface area contributed by atoms with Crippen molar-refractivity contribution in [2.24, 2.45) is 7.05 Å². The van der Waals surface area contributed by atoms with Crippen molar-refractivity contribution in [2.45, 2.75) is 33.4 Å². The maximum atomic E-state index is 12.0. The molecule has 0 aromatic carbocycles. The molecule has 0 bridgehead atoms. The number of amides is 1. The van der Waals surface area contributed by atoms with Crippen LogP contribution in [0.1, 0.15) is 26.3 Å². The lowest BCUT2D eigenvalue weighted by Gasteiger charge is -2.23. The number of hydrogen-bond acceptors (Lipinski definition) is 2. The van der Waals surface area contributed by atoms with Gasteiger partial charge in [0.2, 0.25) is 5.91 Å². The first-order valence-electron chi connectivity index (χ1n) is 6.21. The second-order valence-electron chi connectivity index (χ2n) is 4.30. The van der Waals surface area contributed by atoms with Crippen molar-refractivity contribution in [2.75, 3.05) is 13.1 Å². The van der Waals surface area contributed by atoms with Crippen LogP contribution in [-0.2, 0) is 18.4 Å². The van der Waals surface area contributed by atoms with E-state index in [1.54, 1.807) is 0 Å². The zero-order valence-electron chi connectivity index (χ0n) is 11.2. The van der Waals surface area contributed by atoms with E-state index in [1.165, 1.54) is 5.56 Å². The molecule has 0 aliphatic carbocycles. The molecule has 0 aliphatic rings. The molecule has 0 aliphatic heterocycles. The quantitative estimate of drug-likeness (QED) is 0.811. The Labute approximate surface area is 104 Å². The van der Waals surface area contributed by atoms with Crippen LogP contribution in [0.25, 0.3) is 0 Å². The van der Waals surface area contributed by atoms with Gasteiger partial charge in [-0.3, -0.25) is 4.79 Å². The second kappa shape index (κ2) is 6.45. The normalized spacial score (nSPS) is 12.5. The van der Waals surface area contributed by atoms with E-state index < -0.39 is 0 Å². The predicted octanol–water partition coefficient (Wildman–Crippen LogP) is 1.37. The Balaban J connectivity index is 2.43. The summed E-state index contributed by atoms with van der Waals surface area (Å²) in [5, 5.41) is 3.26. The lowest BCUT2D eigenvalue weighted by molar-refractivity contribution is -0.132. The number of carbonyl (C=O) groups is 1. The summed E-state index contributed by atoms with van der Waals surface area (Å²) in [7, 11) is 1.99. The molecule has 1 unspecified atom stereocenters. The van der Waals surface area contributed by atoms with Gasteiger partial charge in [-0.15, -0.1) is 0 Å². The van der Waals surface area contributed by atoms with Crippen molar-refractivity contribution >= 4 is 5.91 Å². The smallest absolute Gasteiger partial charge is 0.239 e. The molecule has 0 radical (unpaired) electrons. The van der Waals surface area contributed by atoms with Crippen molar-refractivity contribution in [3.8, 4) is 0 Å². The minimum atomic E-state index is -0.130. The first kappa shape index (κ1) is 13.8. The van der Waals surface area contributed by atoms with E-state index in [0.717, 1.165) is 19.6 Å². The summed E-state index contributed by atoms with van der Waals surface area (Å²) in [6, 6.07) is 1.93. The highest BCUT2D eigenvalue weighted by Crippen LogP contribution is 2.01. The molecule has 1 rings (SSSR count). The lowest BCUT2D eigenvalue weighted by atomic mass is 10.2. The van der Waals surface area contributed by atoms with E-state index in [4.69, 9.17) is 0 Å². The third kappa shape index (κ3) is 3.89. The van der Waals surface area contributed by atoms with Gasteiger partial charge in [0.05, 0.1) is 6.04 Å². The molecule has 17 heavy (non-hydrogen) atoms. The molecular formula is C13H23N3O. The number of aromatic nitrogens is 1. The van der Waals surface area contributed by atoms with Crippen LogP contribution in [0.15, 0.2) is 18.5 Å². The van der Waals surface area contributed by atoms with Crippen LogP contribution in [-0.4, -0.2) is 34.5 Å². The maximum Gasteiger partial charge on any atom is 0.239 e.